The molecule has 104 valence electrons. The van der Waals surface area contributed by atoms with Gasteiger partial charge < -0.3 is 14.1 Å². The van der Waals surface area contributed by atoms with Gasteiger partial charge in [-0.3, -0.25) is 9.69 Å². The third-order valence-corrected chi connectivity index (χ3v) is 3.12. The lowest BCUT2D eigenvalue weighted by molar-refractivity contribution is -0.125. The molecule has 0 unspecified atom stereocenters. The maximum atomic E-state index is 12.1. The van der Waals surface area contributed by atoms with E-state index in [1.807, 2.05) is 19.9 Å². The summed E-state index contributed by atoms with van der Waals surface area (Å²) in [6, 6.07) is 3.30. The minimum absolute atomic E-state index is 0.0949. The van der Waals surface area contributed by atoms with Crippen LogP contribution in [0.2, 0.25) is 0 Å². The van der Waals surface area contributed by atoms with Crippen LogP contribution in [-0.4, -0.2) is 48.0 Å². The van der Waals surface area contributed by atoms with Crippen molar-refractivity contribution in [2.24, 2.45) is 0 Å². The van der Waals surface area contributed by atoms with E-state index in [0.717, 1.165) is 5.76 Å². The molecule has 1 aromatic rings. The fourth-order valence-electron chi connectivity index (χ4n) is 2.00. The fourth-order valence-corrected chi connectivity index (χ4v) is 2.00. The Balaban J connectivity index is 2.02. The van der Waals surface area contributed by atoms with Crippen LogP contribution in [0.5, 0.6) is 0 Å². The summed E-state index contributed by atoms with van der Waals surface area (Å²) in [6.45, 7) is 4.38. The van der Waals surface area contributed by atoms with Gasteiger partial charge in [0.1, 0.15) is 18.1 Å². The highest BCUT2D eigenvalue weighted by Crippen LogP contribution is 2.16. The second kappa shape index (κ2) is 5.44. The standard InChI is InChI=1S/C13H18N2O4/c1-9-4-5-11(19-9)7-15-12(16)8-14(13(15)17)6-10(2)18-3/h4-5,10H,6-8H2,1-3H3/t10-/m0/s1. The van der Waals surface area contributed by atoms with Gasteiger partial charge in [0.05, 0.1) is 12.6 Å². The molecule has 1 atom stereocenters. The smallest absolute Gasteiger partial charge is 0.327 e. The van der Waals surface area contributed by atoms with Crippen LogP contribution < -0.4 is 0 Å². The number of imide groups is 1. The molecule has 1 saturated heterocycles. The first-order valence-corrected chi connectivity index (χ1v) is 6.18. The van der Waals surface area contributed by atoms with Gasteiger partial charge in [-0.05, 0) is 26.0 Å². The van der Waals surface area contributed by atoms with E-state index < -0.39 is 0 Å². The Morgan fingerprint density at radius 3 is 2.74 bits per heavy atom. The highest BCUT2D eigenvalue weighted by Gasteiger charge is 2.36. The molecule has 1 aliphatic rings. The predicted molar refractivity (Wildman–Crippen MR) is 67.4 cm³/mol. The van der Waals surface area contributed by atoms with Crippen molar-refractivity contribution in [1.82, 2.24) is 9.80 Å². The fraction of sp³-hybridized carbons (Fsp3) is 0.538. The number of furan rings is 1. The van der Waals surface area contributed by atoms with E-state index in [9.17, 15) is 9.59 Å². The Kier molecular flexibility index (Phi) is 3.90. The summed E-state index contributed by atoms with van der Waals surface area (Å²) < 4.78 is 10.5. The van der Waals surface area contributed by atoms with E-state index in [0.29, 0.717) is 12.3 Å². The zero-order valence-corrected chi connectivity index (χ0v) is 11.4. The molecule has 6 heteroatoms. The maximum Gasteiger partial charge on any atom is 0.327 e. The number of rotatable bonds is 5. The monoisotopic (exact) mass is 266 g/mol. The predicted octanol–water partition coefficient (Wildman–Crippen LogP) is 1.39. The number of hydrogen-bond acceptors (Lipinski definition) is 4. The number of nitrogens with zero attached hydrogens (tertiary/aromatic N) is 2. The first-order chi connectivity index (χ1) is 9.01. The number of carbonyl (C=O) groups is 2. The van der Waals surface area contributed by atoms with Gasteiger partial charge in [0, 0.05) is 13.7 Å². The largest absolute Gasteiger partial charge is 0.464 e. The Morgan fingerprint density at radius 2 is 2.16 bits per heavy atom. The average molecular weight is 266 g/mol. The summed E-state index contributed by atoms with van der Waals surface area (Å²) in [4.78, 5) is 26.7. The zero-order chi connectivity index (χ0) is 14.0. The first kappa shape index (κ1) is 13.6. The lowest BCUT2D eigenvalue weighted by atomic mass is 10.4. The van der Waals surface area contributed by atoms with Crippen LogP contribution in [0.25, 0.3) is 0 Å². The molecule has 2 rings (SSSR count). The topological polar surface area (TPSA) is 63.0 Å². The molecule has 0 saturated carbocycles. The molecule has 19 heavy (non-hydrogen) atoms. The van der Waals surface area contributed by atoms with Crippen molar-refractivity contribution in [3.63, 3.8) is 0 Å². The maximum absolute atomic E-state index is 12.1. The molecular weight excluding hydrogens is 248 g/mol. The van der Waals surface area contributed by atoms with E-state index in [-0.39, 0.29) is 31.1 Å². The quantitative estimate of drug-likeness (QED) is 0.755. The zero-order valence-electron chi connectivity index (χ0n) is 11.4. The normalized spacial score (nSPS) is 17.4. The van der Waals surface area contributed by atoms with Gasteiger partial charge in [-0.15, -0.1) is 0 Å². The molecule has 1 fully saturated rings. The van der Waals surface area contributed by atoms with Gasteiger partial charge in [-0.1, -0.05) is 0 Å². The SMILES string of the molecule is CO[C@@H](C)CN1CC(=O)N(Cc2ccc(C)o2)C1=O. The Labute approximate surface area is 111 Å². The highest BCUT2D eigenvalue weighted by molar-refractivity contribution is 6.01. The van der Waals surface area contributed by atoms with Crippen molar-refractivity contribution in [1.29, 1.82) is 0 Å². The molecule has 0 bridgehead atoms. The van der Waals surface area contributed by atoms with Gasteiger partial charge in [0.25, 0.3) is 5.91 Å². The number of aryl methyl sites for hydroxylation is 1. The van der Waals surface area contributed by atoms with E-state index >= 15 is 0 Å². The van der Waals surface area contributed by atoms with Crippen molar-refractivity contribution in [3.05, 3.63) is 23.7 Å². The van der Waals surface area contributed by atoms with Crippen molar-refractivity contribution in [2.45, 2.75) is 26.5 Å². The van der Waals surface area contributed by atoms with E-state index in [1.54, 1.807) is 13.2 Å². The van der Waals surface area contributed by atoms with Crippen LogP contribution in [0.1, 0.15) is 18.4 Å². The van der Waals surface area contributed by atoms with E-state index in [2.05, 4.69) is 0 Å². The van der Waals surface area contributed by atoms with Crippen LogP contribution in [0.4, 0.5) is 4.79 Å². The van der Waals surface area contributed by atoms with Crippen molar-refractivity contribution in [2.75, 3.05) is 20.2 Å². The Hall–Kier alpha value is -1.82. The molecule has 1 aromatic heterocycles. The van der Waals surface area contributed by atoms with Gasteiger partial charge in [0.2, 0.25) is 0 Å². The molecule has 1 aliphatic heterocycles. The Bertz CT molecular complexity index is 483. The molecule has 0 radical (unpaired) electrons. The molecule has 0 aliphatic carbocycles. The van der Waals surface area contributed by atoms with Crippen LogP contribution in [0, 0.1) is 6.92 Å². The summed E-state index contributed by atoms with van der Waals surface area (Å²) in [7, 11) is 1.58. The van der Waals surface area contributed by atoms with Crippen LogP contribution in [0.15, 0.2) is 16.5 Å². The average Bonchev–Trinajstić information content (AvgIpc) is 2.89. The third-order valence-electron chi connectivity index (χ3n) is 3.12. The van der Waals surface area contributed by atoms with Crippen LogP contribution in [-0.2, 0) is 16.1 Å². The number of urea groups is 1. The number of amides is 3. The number of hydrogen-bond donors (Lipinski definition) is 0. The van der Waals surface area contributed by atoms with Crippen molar-refractivity contribution < 1.29 is 18.7 Å². The minimum atomic E-state index is -0.289. The summed E-state index contributed by atoms with van der Waals surface area (Å²) >= 11 is 0. The van der Waals surface area contributed by atoms with E-state index in [4.69, 9.17) is 9.15 Å². The van der Waals surface area contributed by atoms with E-state index in [1.165, 1.54) is 9.80 Å². The van der Waals surface area contributed by atoms with Crippen molar-refractivity contribution in [3.8, 4) is 0 Å². The lowest BCUT2D eigenvalue weighted by Crippen LogP contribution is -2.36. The molecule has 0 N–H and O–H groups in total. The lowest BCUT2D eigenvalue weighted by Gasteiger charge is -2.19. The molecule has 3 amide bonds. The van der Waals surface area contributed by atoms with Crippen molar-refractivity contribution >= 4 is 11.9 Å². The number of methoxy groups -OCH3 is 1. The Morgan fingerprint density at radius 1 is 1.42 bits per heavy atom. The van der Waals surface area contributed by atoms with Gasteiger partial charge in [0.15, 0.2) is 0 Å². The second-order valence-corrected chi connectivity index (χ2v) is 4.70. The molecular formula is C13H18N2O4. The van der Waals surface area contributed by atoms with Crippen LogP contribution >= 0.6 is 0 Å². The first-order valence-electron chi connectivity index (χ1n) is 6.18. The molecule has 2 heterocycles. The summed E-state index contributed by atoms with van der Waals surface area (Å²) in [5.41, 5.74) is 0. The molecule has 6 nitrogen and oxygen atoms in total. The molecule has 0 spiro atoms. The summed E-state index contributed by atoms with van der Waals surface area (Å²) in [5.74, 6) is 1.17. The van der Waals surface area contributed by atoms with Gasteiger partial charge in [-0.25, -0.2) is 4.79 Å². The number of carbonyl (C=O) groups excluding carboxylic acids is 2. The van der Waals surface area contributed by atoms with Crippen LogP contribution in [0.3, 0.4) is 0 Å². The minimum Gasteiger partial charge on any atom is -0.464 e. The molecule has 0 aromatic carbocycles. The van der Waals surface area contributed by atoms with Gasteiger partial charge >= 0.3 is 6.03 Å². The summed E-state index contributed by atoms with van der Waals surface area (Å²) in [5, 5.41) is 0. The second-order valence-electron chi connectivity index (χ2n) is 4.70. The summed E-state index contributed by atoms with van der Waals surface area (Å²) in [6.07, 6.45) is -0.0949. The highest BCUT2D eigenvalue weighted by atomic mass is 16.5. The van der Waals surface area contributed by atoms with Gasteiger partial charge in [-0.2, -0.15) is 0 Å². The number of ether oxygens (including phenoxy) is 1. The third kappa shape index (κ3) is 2.96.